The van der Waals surface area contributed by atoms with Crippen molar-refractivity contribution in [1.82, 2.24) is 4.98 Å². The fourth-order valence-electron chi connectivity index (χ4n) is 4.96. The number of aliphatic carboxylic acids is 1. The van der Waals surface area contributed by atoms with Crippen molar-refractivity contribution >= 4 is 28.3 Å². The average Bonchev–Trinajstić information content (AvgIpc) is 3.35. The fraction of sp³-hybridized carbons (Fsp3) is 0.500. The van der Waals surface area contributed by atoms with Crippen LogP contribution in [0.3, 0.4) is 0 Å². The summed E-state index contributed by atoms with van der Waals surface area (Å²) < 4.78 is 0. The summed E-state index contributed by atoms with van der Waals surface area (Å²) >= 11 is 1.45. The van der Waals surface area contributed by atoms with Crippen molar-refractivity contribution in [2.75, 3.05) is 5.32 Å². The fourth-order valence-corrected chi connectivity index (χ4v) is 5.79. The number of carbonyl (C=O) groups is 2. The topological polar surface area (TPSA) is 79.3 Å². The summed E-state index contributed by atoms with van der Waals surface area (Å²) in [5, 5.41) is 13.1. The van der Waals surface area contributed by atoms with E-state index in [2.05, 4.69) is 48.4 Å². The Kier molecular flexibility index (Phi) is 5.00. The van der Waals surface area contributed by atoms with E-state index in [0.717, 1.165) is 35.4 Å². The Labute approximate surface area is 169 Å². The molecule has 0 saturated heterocycles. The van der Waals surface area contributed by atoms with Crippen molar-refractivity contribution < 1.29 is 14.7 Å². The van der Waals surface area contributed by atoms with Crippen molar-refractivity contribution in [3.05, 3.63) is 34.7 Å². The molecule has 1 aromatic carbocycles. The predicted octanol–water partition coefficient (Wildman–Crippen LogP) is 4.93. The highest BCUT2D eigenvalue weighted by Crippen LogP contribution is 2.52. The van der Waals surface area contributed by atoms with Crippen LogP contribution < -0.4 is 5.32 Å². The van der Waals surface area contributed by atoms with Crippen molar-refractivity contribution in [1.29, 1.82) is 0 Å². The number of carbonyl (C=O) groups excluding carboxylic acids is 1. The van der Waals surface area contributed by atoms with E-state index in [1.165, 1.54) is 16.9 Å². The smallest absolute Gasteiger partial charge is 0.307 e. The normalized spacial score (nSPS) is 26.0. The van der Waals surface area contributed by atoms with Gasteiger partial charge in [0.25, 0.3) is 0 Å². The number of nitrogens with zero attached hydrogens (tertiary/aromatic N) is 1. The third-order valence-corrected chi connectivity index (χ3v) is 7.27. The van der Waals surface area contributed by atoms with E-state index in [1.807, 2.05) is 6.92 Å². The molecule has 2 saturated carbocycles. The van der Waals surface area contributed by atoms with Gasteiger partial charge in [0, 0.05) is 10.4 Å². The van der Waals surface area contributed by atoms with Crippen LogP contribution in [0.15, 0.2) is 24.3 Å². The number of nitrogens with one attached hydrogen (secondary N) is 1. The van der Waals surface area contributed by atoms with Gasteiger partial charge in [-0.15, -0.1) is 11.3 Å². The Morgan fingerprint density at radius 1 is 1.14 bits per heavy atom. The molecule has 6 heteroatoms. The number of thiazole rings is 1. The molecule has 2 bridgehead atoms. The van der Waals surface area contributed by atoms with Gasteiger partial charge in [-0.1, -0.05) is 38.1 Å². The van der Waals surface area contributed by atoms with Gasteiger partial charge in [-0.25, -0.2) is 4.98 Å². The number of anilines is 1. The zero-order chi connectivity index (χ0) is 20.0. The molecule has 0 aliphatic heterocycles. The van der Waals surface area contributed by atoms with Crippen LogP contribution in [0.2, 0.25) is 0 Å². The molecule has 28 heavy (non-hydrogen) atoms. The number of fused-ring (bicyclic) bond motifs is 2. The van der Waals surface area contributed by atoms with Crippen LogP contribution in [0.25, 0.3) is 11.3 Å². The number of amides is 1. The zero-order valence-corrected chi connectivity index (χ0v) is 17.3. The Morgan fingerprint density at radius 3 is 2.39 bits per heavy atom. The van der Waals surface area contributed by atoms with E-state index in [-0.39, 0.29) is 17.7 Å². The highest BCUT2D eigenvalue weighted by atomic mass is 32.1. The van der Waals surface area contributed by atoms with Crippen molar-refractivity contribution in [3.63, 3.8) is 0 Å². The number of carboxylic acid groups (broad SMARTS) is 1. The summed E-state index contributed by atoms with van der Waals surface area (Å²) in [6, 6.07) is 8.37. The monoisotopic (exact) mass is 398 g/mol. The standard InChI is InChI=1S/C22H26N2O3S/c1-11(2)13-4-6-14(7-5-13)19-12(3)28-22(23-19)24-20(25)17-15-8-9-16(10-15)18(17)21(26)27/h4-7,11,15-18H,8-10H2,1-3H3,(H,26,27)(H,23,24,25)/t15-,16+,17+,18-/m0/s1. The third kappa shape index (κ3) is 3.34. The first kappa shape index (κ1) is 19.1. The Morgan fingerprint density at radius 2 is 1.79 bits per heavy atom. The highest BCUT2D eigenvalue weighted by Gasteiger charge is 2.54. The van der Waals surface area contributed by atoms with Gasteiger partial charge in [-0.3, -0.25) is 9.59 Å². The summed E-state index contributed by atoms with van der Waals surface area (Å²) in [6.45, 7) is 6.32. The molecule has 2 fully saturated rings. The van der Waals surface area contributed by atoms with E-state index in [0.29, 0.717) is 11.0 Å². The third-order valence-electron chi connectivity index (χ3n) is 6.38. The second-order valence-corrected chi connectivity index (χ2v) is 9.62. The molecule has 2 aromatic rings. The highest BCUT2D eigenvalue weighted by molar-refractivity contribution is 7.16. The number of benzene rings is 1. The molecule has 148 valence electrons. The maximum Gasteiger partial charge on any atom is 0.307 e. The number of aryl methyl sites for hydroxylation is 1. The second-order valence-electron chi connectivity index (χ2n) is 8.41. The maximum atomic E-state index is 12.9. The van der Waals surface area contributed by atoms with Gasteiger partial charge in [-0.2, -0.15) is 0 Å². The number of aromatic nitrogens is 1. The molecule has 2 N–H and O–H groups in total. The molecule has 1 amide bonds. The molecule has 0 spiro atoms. The number of hydrogen-bond acceptors (Lipinski definition) is 4. The first-order valence-corrected chi connectivity index (χ1v) is 10.8. The zero-order valence-electron chi connectivity index (χ0n) is 16.4. The van der Waals surface area contributed by atoms with E-state index in [4.69, 9.17) is 0 Å². The van der Waals surface area contributed by atoms with Gasteiger partial charge in [0.05, 0.1) is 17.5 Å². The van der Waals surface area contributed by atoms with Crippen LogP contribution in [0, 0.1) is 30.6 Å². The number of hydrogen-bond donors (Lipinski definition) is 2. The molecular weight excluding hydrogens is 372 g/mol. The average molecular weight is 399 g/mol. The quantitative estimate of drug-likeness (QED) is 0.749. The van der Waals surface area contributed by atoms with Gasteiger partial charge in [0.15, 0.2) is 5.13 Å². The molecule has 1 heterocycles. The Balaban J connectivity index is 1.52. The number of carboxylic acids is 1. The molecular formula is C22H26N2O3S. The molecule has 1 aromatic heterocycles. The summed E-state index contributed by atoms with van der Waals surface area (Å²) in [6.07, 6.45) is 2.74. The number of rotatable bonds is 5. The first-order valence-electron chi connectivity index (χ1n) is 9.96. The largest absolute Gasteiger partial charge is 0.481 e. The van der Waals surface area contributed by atoms with Crippen LogP contribution in [-0.2, 0) is 9.59 Å². The van der Waals surface area contributed by atoms with E-state index >= 15 is 0 Å². The molecule has 4 rings (SSSR count). The lowest BCUT2D eigenvalue weighted by molar-refractivity contribution is -0.148. The van der Waals surface area contributed by atoms with Crippen LogP contribution in [-0.4, -0.2) is 22.0 Å². The van der Waals surface area contributed by atoms with Crippen LogP contribution in [0.5, 0.6) is 0 Å². The Bertz CT molecular complexity index is 903. The molecule has 0 radical (unpaired) electrons. The van der Waals surface area contributed by atoms with Gasteiger partial charge in [0.2, 0.25) is 5.91 Å². The molecule has 4 atom stereocenters. The minimum absolute atomic E-state index is 0.145. The maximum absolute atomic E-state index is 12.9. The van der Waals surface area contributed by atoms with Crippen molar-refractivity contribution in [3.8, 4) is 11.3 Å². The van der Waals surface area contributed by atoms with E-state index in [1.54, 1.807) is 0 Å². The SMILES string of the molecule is Cc1sc(NC(=O)[C@@H]2[C@H]3CC[C@H](C3)[C@@H]2C(=O)O)nc1-c1ccc(C(C)C)cc1. The minimum Gasteiger partial charge on any atom is -0.481 e. The Hall–Kier alpha value is -2.21. The predicted molar refractivity (Wildman–Crippen MR) is 110 cm³/mol. The van der Waals surface area contributed by atoms with E-state index in [9.17, 15) is 14.7 Å². The molecule has 0 unspecified atom stereocenters. The lowest BCUT2D eigenvalue weighted by Crippen LogP contribution is -2.37. The van der Waals surface area contributed by atoms with Crippen LogP contribution in [0.1, 0.15) is 49.5 Å². The van der Waals surface area contributed by atoms with Crippen molar-refractivity contribution in [2.45, 2.75) is 46.0 Å². The molecule has 5 nitrogen and oxygen atoms in total. The molecule has 2 aliphatic carbocycles. The summed E-state index contributed by atoms with van der Waals surface area (Å²) in [5.74, 6) is -1.20. The summed E-state index contributed by atoms with van der Waals surface area (Å²) in [7, 11) is 0. The van der Waals surface area contributed by atoms with Gasteiger partial charge < -0.3 is 10.4 Å². The van der Waals surface area contributed by atoms with Crippen LogP contribution in [0.4, 0.5) is 5.13 Å². The summed E-state index contributed by atoms with van der Waals surface area (Å²) in [4.78, 5) is 30.2. The second kappa shape index (κ2) is 7.32. The lowest BCUT2D eigenvalue weighted by atomic mass is 9.79. The van der Waals surface area contributed by atoms with Gasteiger partial charge in [0.1, 0.15) is 0 Å². The van der Waals surface area contributed by atoms with Crippen molar-refractivity contribution in [2.24, 2.45) is 23.7 Å². The lowest BCUT2D eigenvalue weighted by Gasteiger charge is -2.26. The van der Waals surface area contributed by atoms with Gasteiger partial charge >= 0.3 is 5.97 Å². The first-order chi connectivity index (χ1) is 13.3. The van der Waals surface area contributed by atoms with E-state index < -0.39 is 17.8 Å². The van der Waals surface area contributed by atoms with Crippen LogP contribution >= 0.6 is 11.3 Å². The summed E-state index contributed by atoms with van der Waals surface area (Å²) in [5.41, 5.74) is 3.18. The molecule has 2 aliphatic rings. The van der Waals surface area contributed by atoms with Gasteiger partial charge in [-0.05, 0) is 49.5 Å². The minimum atomic E-state index is -0.839.